The van der Waals surface area contributed by atoms with Crippen molar-refractivity contribution in [3.8, 4) is 0 Å². The summed E-state index contributed by atoms with van der Waals surface area (Å²) >= 11 is 4.18. The van der Waals surface area contributed by atoms with Crippen molar-refractivity contribution >= 4 is 63.5 Å². The van der Waals surface area contributed by atoms with Crippen molar-refractivity contribution in [3.63, 3.8) is 0 Å². The Morgan fingerprint density at radius 1 is 1.43 bits per heavy atom. The van der Waals surface area contributed by atoms with Gasteiger partial charge < -0.3 is 21.0 Å². The van der Waals surface area contributed by atoms with Gasteiger partial charge in [-0.05, 0) is 18.4 Å². The zero-order valence-corrected chi connectivity index (χ0v) is 22.5. The summed E-state index contributed by atoms with van der Waals surface area (Å²) in [5.74, 6) is -1.37. The summed E-state index contributed by atoms with van der Waals surface area (Å²) in [5, 5.41) is 17.7. The number of hydrogen-bond acceptors (Lipinski definition) is 10. The van der Waals surface area contributed by atoms with Crippen LogP contribution in [-0.2, 0) is 39.1 Å². The van der Waals surface area contributed by atoms with Crippen molar-refractivity contribution in [2.24, 2.45) is 12.2 Å². The lowest BCUT2D eigenvalue weighted by Crippen LogP contribution is -2.71. The minimum Gasteiger partial charge on any atom is -0.477 e. The molecule has 1 fully saturated rings. The molecule has 0 unspecified atom stereocenters. The van der Waals surface area contributed by atoms with Gasteiger partial charge in [-0.1, -0.05) is 5.16 Å². The number of carboxylic acid groups (broad SMARTS) is 1. The van der Waals surface area contributed by atoms with Crippen LogP contribution >= 0.6 is 34.9 Å². The summed E-state index contributed by atoms with van der Waals surface area (Å²) in [6.45, 7) is 0. The van der Waals surface area contributed by atoms with Crippen molar-refractivity contribution in [2.45, 2.75) is 35.6 Å². The van der Waals surface area contributed by atoms with Crippen LogP contribution in [0.1, 0.15) is 23.4 Å². The van der Waals surface area contributed by atoms with Crippen LogP contribution in [0.5, 0.6) is 0 Å². The van der Waals surface area contributed by atoms with E-state index in [1.165, 1.54) is 35.0 Å². The zero-order chi connectivity index (χ0) is 26.3. The number of pyridine rings is 1. The molecule has 0 bridgehead atoms. The molecule has 4 heterocycles. The molecule has 11 nitrogen and oxygen atoms in total. The lowest BCUT2D eigenvalue weighted by Gasteiger charge is -2.49. The van der Waals surface area contributed by atoms with Gasteiger partial charge in [-0.15, -0.1) is 34.9 Å². The number of aryl methyl sites for hydroxylation is 1. The number of aromatic nitrogens is 2. The first-order valence-corrected chi connectivity index (χ1v) is 14.4. The zero-order valence-electron chi connectivity index (χ0n) is 20.1. The van der Waals surface area contributed by atoms with Gasteiger partial charge in [0.15, 0.2) is 22.7 Å². The summed E-state index contributed by atoms with van der Waals surface area (Å²) in [6, 6.07) is 1.18. The van der Waals surface area contributed by atoms with E-state index in [1.54, 1.807) is 17.1 Å². The van der Waals surface area contributed by atoms with E-state index in [4.69, 9.17) is 10.6 Å². The first-order valence-electron chi connectivity index (χ1n) is 11.5. The summed E-state index contributed by atoms with van der Waals surface area (Å²) < 4.78 is 2.15. The number of carbonyl (C=O) groups excluding carboxylic acids is 2. The first-order chi connectivity index (χ1) is 17.8. The van der Waals surface area contributed by atoms with Crippen LogP contribution in [0.3, 0.4) is 0 Å². The lowest BCUT2D eigenvalue weighted by atomic mass is 10.0. The van der Waals surface area contributed by atoms with Gasteiger partial charge in [0.25, 0.3) is 11.8 Å². The lowest BCUT2D eigenvalue weighted by molar-refractivity contribution is -0.679. The molecule has 2 aromatic rings. The van der Waals surface area contributed by atoms with Crippen LogP contribution in [0, 0.1) is 0 Å². The minimum atomic E-state index is -1.15. The van der Waals surface area contributed by atoms with Crippen molar-refractivity contribution in [1.29, 1.82) is 0 Å². The maximum atomic E-state index is 13.1. The molecule has 2 aromatic heterocycles. The standard InChI is InChI=1S/C23H24N6O5S3/c1-28-7-6-15(12-4-3-5-14(12)28)35-8-11-9-36-21-17(20(31)29(21)18(11)22(32)33)26-19(30)16(27-34-2)13-10-37-23(24)25-13/h6-7,10,17,21H,3-5,8-9H2,1-2H3,(H3-,24,25,26,30,32,33)/p+1/b27-16-/t17-,21-/m1/s1. The minimum absolute atomic E-state index is 0.00272. The van der Waals surface area contributed by atoms with E-state index in [0.717, 1.165) is 35.5 Å². The molecule has 14 heteroatoms. The van der Waals surface area contributed by atoms with Crippen molar-refractivity contribution in [2.75, 3.05) is 24.3 Å². The average Bonchev–Trinajstić information content (AvgIpc) is 3.54. The Labute approximate surface area is 225 Å². The highest BCUT2D eigenvalue weighted by Crippen LogP contribution is 2.42. The Kier molecular flexibility index (Phi) is 7.14. The number of amides is 2. The molecule has 2 amide bonds. The number of carboxylic acids is 1. The number of nitrogen functional groups attached to an aromatic ring is 1. The van der Waals surface area contributed by atoms with Crippen LogP contribution in [0.4, 0.5) is 5.13 Å². The predicted molar refractivity (Wildman–Crippen MR) is 140 cm³/mol. The highest BCUT2D eigenvalue weighted by atomic mass is 32.2. The van der Waals surface area contributed by atoms with Crippen LogP contribution in [0.15, 0.2) is 39.0 Å². The molecule has 4 N–H and O–H groups in total. The molecule has 0 radical (unpaired) electrons. The van der Waals surface area contributed by atoms with E-state index in [-0.39, 0.29) is 22.2 Å². The normalized spacial score (nSPS) is 20.9. The second kappa shape index (κ2) is 10.3. The second-order valence-electron chi connectivity index (χ2n) is 8.67. The number of thiazole rings is 1. The topological polar surface area (TPSA) is 151 Å². The van der Waals surface area contributed by atoms with Gasteiger partial charge >= 0.3 is 5.97 Å². The molecule has 37 heavy (non-hydrogen) atoms. The number of carbonyl (C=O) groups is 3. The Hall–Kier alpha value is -3.10. The van der Waals surface area contributed by atoms with Crippen LogP contribution in [0.25, 0.3) is 0 Å². The Morgan fingerprint density at radius 3 is 2.95 bits per heavy atom. The summed E-state index contributed by atoms with van der Waals surface area (Å²) in [6.07, 6.45) is 5.21. The Balaban J connectivity index is 1.31. The first kappa shape index (κ1) is 25.5. The summed E-state index contributed by atoms with van der Waals surface area (Å²) in [5.41, 5.74) is 9.12. The van der Waals surface area contributed by atoms with Crippen LogP contribution in [-0.4, -0.2) is 68.5 Å². The molecule has 1 aliphatic carbocycles. The van der Waals surface area contributed by atoms with E-state index in [0.29, 0.717) is 17.1 Å². The van der Waals surface area contributed by atoms with E-state index in [2.05, 4.69) is 26.1 Å². The van der Waals surface area contributed by atoms with Crippen molar-refractivity contribution in [1.82, 2.24) is 15.2 Å². The van der Waals surface area contributed by atoms with E-state index in [9.17, 15) is 19.5 Å². The van der Waals surface area contributed by atoms with Crippen LogP contribution < -0.4 is 15.6 Å². The van der Waals surface area contributed by atoms with Gasteiger partial charge in [-0.25, -0.2) is 14.3 Å². The SMILES string of the molecule is CO/N=C(\C(=O)N[C@@H]1C(=O)N2C(C(=O)O)=C(CSc3cc[n+](C)c4c3CCC4)CS[C@H]12)c1csc(N)n1. The van der Waals surface area contributed by atoms with Crippen molar-refractivity contribution < 1.29 is 28.9 Å². The molecule has 1 saturated heterocycles. The number of rotatable bonds is 8. The number of thioether (sulfide) groups is 2. The number of fused-ring (bicyclic) bond motifs is 2. The fourth-order valence-corrected chi connectivity index (χ4v) is 7.89. The molecule has 0 spiro atoms. The average molecular weight is 562 g/mol. The number of nitrogens with zero attached hydrogens (tertiary/aromatic N) is 4. The fraction of sp³-hybridized carbons (Fsp3) is 0.391. The smallest absolute Gasteiger partial charge is 0.352 e. The molecular weight excluding hydrogens is 536 g/mol. The Bertz CT molecular complexity index is 1360. The molecule has 5 rings (SSSR count). The fourth-order valence-electron chi connectivity index (χ4n) is 4.75. The molecule has 2 atom stereocenters. The number of β-lactam (4-membered cyclic amide) rings is 1. The maximum absolute atomic E-state index is 13.1. The number of aliphatic carboxylic acids is 1. The highest BCUT2D eigenvalue weighted by Gasteiger charge is 2.54. The van der Waals surface area contributed by atoms with E-state index in [1.807, 2.05) is 13.2 Å². The van der Waals surface area contributed by atoms with Crippen LogP contribution in [0.2, 0.25) is 0 Å². The maximum Gasteiger partial charge on any atom is 0.352 e. The number of nitrogens with one attached hydrogen (secondary N) is 1. The largest absolute Gasteiger partial charge is 0.477 e. The van der Waals surface area contributed by atoms with Gasteiger partial charge in [0.2, 0.25) is 0 Å². The molecular formula is C23H25N6O5S3+. The van der Waals surface area contributed by atoms with E-state index < -0.39 is 29.2 Å². The Morgan fingerprint density at radius 2 is 2.24 bits per heavy atom. The third-order valence-electron chi connectivity index (χ3n) is 6.46. The number of nitrogens with two attached hydrogens (primary N) is 1. The summed E-state index contributed by atoms with van der Waals surface area (Å²) in [7, 11) is 3.34. The molecule has 0 saturated carbocycles. The molecule has 0 aromatic carbocycles. The second-order valence-corrected chi connectivity index (χ2v) is 11.7. The molecule has 3 aliphatic rings. The quantitative estimate of drug-likeness (QED) is 0.140. The van der Waals surface area contributed by atoms with Crippen molar-refractivity contribution in [3.05, 3.63) is 45.9 Å². The van der Waals surface area contributed by atoms with E-state index >= 15 is 0 Å². The highest BCUT2D eigenvalue weighted by molar-refractivity contribution is 8.01. The van der Waals surface area contributed by atoms with Gasteiger partial charge in [0, 0.05) is 39.8 Å². The van der Waals surface area contributed by atoms with Gasteiger partial charge in [0.1, 0.15) is 37.0 Å². The number of anilines is 1. The van der Waals surface area contributed by atoms with Gasteiger partial charge in [0.05, 0.1) is 0 Å². The number of oxime groups is 1. The predicted octanol–water partition coefficient (Wildman–Crippen LogP) is 0.920. The molecule has 2 aliphatic heterocycles. The van der Waals surface area contributed by atoms with Gasteiger partial charge in [-0.2, -0.15) is 0 Å². The monoisotopic (exact) mass is 561 g/mol. The third-order valence-corrected chi connectivity index (χ3v) is 9.66. The molecule has 194 valence electrons. The summed E-state index contributed by atoms with van der Waals surface area (Å²) in [4.78, 5) is 49.5. The van der Waals surface area contributed by atoms with Gasteiger partial charge in [-0.3, -0.25) is 14.5 Å². The number of hydrogen-bond donors (Lipinski definition) is 3. The third kappa shape index (κ3) is 4.68.